The summed E-state index contributed by atoms with van der Waals surface area (Å²) in [5, 5.41) is 4.47. The zero-order chi connectivity index (χ0) is 14.1. The smallest absolute Gasteiger partial charge is 0.161 e. The highest BCUT2D eigenvalue weighted by Gasteiger charge is 2.06. The number of aromatic nitrogens is 2. The first-order chi connectivity index (χ1) is 9.61. The quantitative estimate of drug-likeness (QED) is 0.737. The molecule has 2 aromatic heterocycles. The Hall–Kier alpha value is -1.94. The van der Waals surface area contributed by atoms with Gasteiger partial charge in [-0.1, -0.05) is 22.0 Å². The van der Waals surface area contributed by atoms with Crippen molar-refractivity contribution in [3.05, 3.63) is 58.3 Å². The minimum Gasteiger partial charge on any atom is -0.355 e. The molecule has 0 bridgehead atoms. The maximum absolute atomic E-state index is 4.50. The van der Waals surface area contributed by atoms with Crippen molar-refractivity contribution in [2.45, 2.75) is 13.8 Å². The summed E-state index contributed by atoms with van der Waals surface area (Å²) in [6, 6.07) is 14.2. The molecule has 1 aromatic carbocycles. The minimum atomic E-state index is 0.780. The Morgan fingerprint density at radius 3 is 2.55 bits per heavy atom. The monoisotopic (exact) mass is 327 g/mol. The van der Waals surface area contributed by atoms with E-state index in [0.29, 0.717) is 0 Å². The van der Waals surface area contributed by atoms with Crippen molar-refractivity contribution >= 4 is 38.3 Å². The average Bonchev–Trinajstić information content (AvgIpc) is 2.37. The molecule has 0 spiro atoms. The standard InChI is InChI=1S/C16H14BrN3/c1-10-6-7-14-15(8-11(2)19-16(14)18-10)20-13-5-3-4-12(17)9-13/h3-9H,1-2H3,(H,18,19,20). The SMILES string of the molecule is Cc1ccc2c(Nc3cccc(Br)c3)cc(C)nc2n1. The van der Waals surface area contributed by atoms with E-state index in [4.69, 9.17) is 0 Å². The lowest BCUT2D eigenvalue weighted by atomic mass is 10.2. The van der Waals surface area contributed by atoms with E-state index >= 15 is 0 Å². The Bertz CT molecular complexity index is 779. The normalized spacial score (nSPS) is 10.8. The average molecular weight is 328 g/mol. The molecule has 0 aliphatic rings. The molecule has 0 aliphatic carbocycles. The van der Waals surface area contributed by atoms with Crippen LogP contribution in [-0.2, 0) is 0 Å². The van der Waals surface area contributed by atoms with E-state index in [1.165, 1.54) is 0 Å². The van der Waals surface area contributed by atoms with Crippen LogP contribution in [0.5, 0.6) is 0 Å². The fourth-order valence-electron chi connectivity index (χ4n) is 2.15. The fourth-order valence-corrected chi connectivity index (χ4v) is 2.55. The number of nitrogens with zero attached hydrogens (tertiary/aromatic N) is 2. The summed E-state index contributed by atoms with van der Waals surface area (Å²) in [5.41, 5.74) is 4.77. The predicted molar refractivity (Wildman–Crippen MR) is 86.4 cm³/mol. The lowest BCUT2D eigenvalue weighted by Gasteiger charge is -2.11. The number of aryl methyl sites for hydroxylation is 2. The van der Waals surface area contributed by atoms with Gasteiger partial charge in [0.1, 0.15) is 0 Å². The largest absolute Gasteiger partial charge is 0.355 e. The van der Waals surface area contributed by atoms with Gasteiger partial charge in [-0.3, -0.25) is 0 Å². The zero-order valence-corrected chi connectivity index (χ0v) is 12.9. The summed E-state index contributed by atoms with van der Waals surface area (Å²) in [4.78, 5) is 8.99. The third-order valence-corrected chi connectivity index (χ3v) is 3.54. The molecule has 4 heteroatoms. The third kappa shape index (κ3) is 2.65. The van der Waals surface area contributed by atoms with Crippen LogP contribution in [-0.4, -0.2) is 9.97 Å². The van der Waals surface area contributed by atoms with Gasteiger partial charge < -0.3 is 5.32 Å². The second kappa shape index (κ2) is 5.21. The molecule has 20 heavy (non-hydrogen) atoms. The van der Waals surface area contributed by atoms with E-state index in [2.05, 4.69) is 37.3 Å². The summed E-state index contributed by atoms with van der Waals surface area (Å²) in [6.45, 7) is 3.96. The number of benzene rings is 1. The summed E-state index contributed by atoms with van der Waals surface area (Å²) in [7, 11) is 0. The number of pyridine rings is 2. The molecule has 0 aliphatic heterocycles. The van der Waals surface area contributed by atoms with Crippen LogP contribution < -0.4 is 5.32 Å². The number of nitrogens with one attached hydrogen (secondary N) is 1. The second-order valence-corrected chi connectivity index (χ2v) is 5.69. The Balaban J connectivity index is 2.11. The van der Waals surface area contributed by atoms with Crippen LogP contribution in [0.3, 0.4) is 0 Å². The summed E-state index contributed by atoms with van der Waals surface area (Å²) < 4.78 is 1.05. The fraction of sp³-hybridized carbons (Fsp3) is 0.125. The van der Waals surface area contributed by atoms with Crippen molar-refractivity contribution in [2.75, 3.05) is 5.32 Å². The summed E-state index contributed by atoms with van der Waals surface area (Å²) in [5.74, 6) is 0. The second-order valence-electron chi connectivity index (χ2n) is 4.77. The van der Waals surface area contributed by atoms with Crippen LogP contribution in [0.2, 0.25) is 0 Å². The van der Waals surface area contributed by atoms with E-state index in [0.717, 1.165) is 38.3 Å². The van der Waals surface area contributed by atoms with Crippen LogP contribution >= 0.6 is 15.9 Å². The van der Waals surface area contributed by atoms with Crippen molar-refractivity contribution in [1.82, 2.24) is 9.97 Å². The Labute approximate surface area is 126 Å². The molecule has 0 atom stereocenters. The molecular weight excluding hydrogens is 314 g/mol. The Morgan fingerprint density at radius 2 is 1.75 bits per heavy atom. The van der Waals surface area contributed by atoms with Gasteiger partial charge in [-0.05, 0) is 50.2 Å². The highest BCUT2D eigenvalue weighted by Crippen LogP contribution is 2.27. The first-order valence-electron chi connectivity index (χ1n) is 6.39. The first-order valence-corrected chi connectivity index (χ1v) is 7.19. The molecule has 3 rings (SSSR count). The highest BCUT2D eigenvalue weighted by molar-refractivity contribution is 9.10. The molecule has 0 fully saturated rings. The first kappa shape index (κ1) is 13.1. The third-order valence-electron chi connectivity index (χ3n) is 3.04. The molecule has 3 nitrogen and oxygen atoms in total. The van der Waals surface area contributed by atoms with Crippen LogP contribution in [0, 0.1) is 13.8 Å². The molecular formula is C16H14BrN3. The van der Waals surface area contributed by atoms with Gasteiger partial charge in [0.25, 0.3) is 0 Å². The van der Waals surface area contributed by atoms with Gasteiger partial charge in [-0.15, -0.1) is 0 Å². The topological polar surface area (TPSA) is 37.8 Å². The number of hydrogen-bond acceptors (Lipinski definition) is 3. The van der Waals surface area contributed by atoms with Gasteiger partial charge in [-0.2, -0.15) is 0 Å². The van der Waals surface area contributed by atoms with Crippen LogP contribution in [0.15, 0.2) is 46.9 Å². The maximum atomic E-state index is 4.50. The van der Waals surface area contributed by atoms with E-state index < -0.39 is 0 Å². The predicted octanol–water partition coefficient (Wildman–Crippen LogP) is 4.75. The maximum Gasteiger partial charge on any atom is 0.161 e. The van der Waals surface area contributed by atoms with E-state index in [1.807, 2.05) is 50.2 Å². The van der Waals surface area contributed by atoms with E-state index in [1.54, 1.807) is 0 Å². The lowest BCUT2D eigenvalue weighted by molar-refractivity contribution is 1.16. The number of halogens is 1. The van der Waals surface area contributed by atoms with E-state index in [9.17, 15) is 0 Å². The lowest BCUT2D eigenvalue weighted by Crippen LogP contribution is -1.96. The van der Waals surface area contributed by atoms with Crippen LogP contribution in [0.1, 0.15) is 11.4 Å². The van der Waals surface area contributed by atoms with E-state index in [-0.39, 0.29) is 0 Å². The molecule has 0 unspecified atom stereocenters. The Kier molecular flexibility index (Phi) is 3.40. The van der Waals surface area contributed by atoms with Crippen molar-refractivity contribution in [2.24, 2.45) is 0 Å². The molecule has 0 saturated heterocycles. The zero-order valence-electron chi connectivity index (χ0n) is 11.3. The molecule has 3 aromatic rings. The minimum absolute atomic E-state index is 0.780. The van der Waals surface area contributed by atoms with Gasteiger partial charge in [0.05, 0.1) is 5.69 Å². The van der Waals surface area contributed by atoms with Gasteiger partial charge in [0, 0.05) is 26.9 Å². The highest BCUT2D eigenvalue weighted by atomic mass is 79.9. The molecule has 1 N–H and O–H groups in total. The summed E-state index contributed by atoms with van der Waals surface area (Å²) >= 11 is 3.48. The molecule has 0 saturated carbocycles. The van der Waals surface area contributed by atoms with Crippen molar-refractivity contribution < 1.29 is 0 Å². The Morgan fingerprint density at radius 1 is 0.950 bits per heavy atom. The number of anilines is 2. The molecule has 0 radical (unpaired) electrons. The van der Waals surface area contributed by atoms with Gasteiger partial charge in [0.2, 0.25) is 0 Å². The molecule has 2 heterocycles. The van der Waals surface area contributed by atoms with Gasteiger partial charge in [-0.25, -0.2) is 9.97 Å². The van der Waals surface area contributed by atoms with Crippen LogP contribution in [0.25, 0.3) is 11.0 Å². The van der Waals surface area contributed by atoms with Gasteiger partial charge >= 0.3 is 0 Å². The summed E-state index contributed by atoms with van der Waals surface area (Å²) in [6.07, 6.45) is 0. The van der Waals surface area contributed by atoms with Crippen LogP contribution in [0.4, 0.5) is 11.4 Å². The number of hydrogen-bond donors (Lipinski definition) is 1. The van der Waals surface area contributed by atoms with Crippen molar-refractivity contribution in [1.29, 1.82) is 0 Å². The molecule has 0 amide bonds. The number of fused-ring (bicyclic) bond motifs is 1. The van der Waals surface area contributed by atoms with Crippen molar-refractivity contribution in [3.63, 3.8) is 0 Å². The van der Waals surface area contributed by atoms with Crippen molar-refractivity contribution in [3.8, 4) is 0 Å². The molecule has 100 valence electrons. The van der Waals surface area contributed by atoms with Gasteiger partial charge in [0.15, 0.2) is 5.65 Å². The number of rotatable bonds is 2.